The van der Waals surface area contributed by atoms with Crippen molar-refractivity contribution in [3.05, 3.63) is 90.0 Å². The molecule has 0 atom stereocenters. The van der Waals surface area contributed by atoms with Crippen LogP contribution >= 0.6 is 11.8 Å². The van der Waals surface area contributed by atoms with Gasteiger partial charge in [-0.15, -0.1) is 5.10 Å². The van der Waals surface area contributed by atoms with Crippen molar-refractivity contribution in [2.24, 2.45) is 0 Å². The highest BCUT2D eigenvalue weighted by atomic mass is 32.2. The normalized spacial score (nSPS) is 10.5. The van der Waals surface area contributed by atoms with Gasteiger partial charge < -0.3 is 0 Å². The van der Waals surface area contributed by atoms with Crippen LogP contribution in [0.4, 0.5) is 0 Å². The Labute approximate surface area is 161 Å². The van der Waals surface area contributed by atoms with Crippen LogP contribution < -0.4 is 0 Å². The Morgan fingerprint density at radius 1 is 0.889 bits per heavy atom. The molecule has 0 saturated carbocycles. The maximum atomic E-state index is 9.27. The van der Waals surface area contributed by atoms with Crippen molar-refractivity contribution < 1.29 is 0 Å². The summed E-state index contributed by atoms with van der Waals surface area (Å²) in [6, 6.07) is 28.0. The Morgan fingerprint density at radius 2 is 1.63 bits per heavy atom. The first-order valence-electron chi connectivity index (χ1n) is 8.40. The standard InChI is InChI=1S/C21H15N5S/c22-14-18-6-4-5-9-20(18)17-12-10-16(11-13-17)15-27-21-23-24-25-26(21)19-7-2-1-3-8-19/h1-13H,15H2. The van der Waals surface area contributed by atoms with Crippen molar-refractivity contribution in [1.29, 1.82) is 5.26 Å². The molecule has 5 nitrogen and oxygen atoms in total. The predicted octanol–water partition coefficient (Wildman–Crippen LogP) is 4.49. The highest BCUT2D eigenvalue weighted by molar-refractivity contribution is 7.98. The highest BCUT2D eigenvalue weighted by Gasteiger charge is 2.09. The molecule has 4 rings (SSSR count). The largest absolute Gasteiger partial charge is 0.214 e. The first-order valence-corrected chi connectivity index (χ1v) is 9.39. The van der Waals surface area contributed by atoms with Crippen LogP contribution in [0.3, 0.4) is 0 Å². The molecule has 1 aromatic heterocycles. The molecule has 130 valence electrons. The molecule has 0 N–H and O–H groups in total. The summed E-state index contributed by atoms with van der Waals surface area (Å²) in [5.41, 5.74) is 4.78. The molecule has 0 aliphatic carbocycles. The fourth-order valence-corrected chi connectivity index (χ4v) is 3.61. The van der Waals surface area contributed by atoms with Gasteiger partial charge in [-0.3, -0.25) is 0 Å². The molecule has 0 aliphatic rings. The van der Waals surface area contributed by atoms with Crippen molar-refractivity contribution in [2.45, 2.75) is 10.9 Å². The molecule has 0 unspecified atom stereocenters. The van der Waals surface area contributed by atoms with Crippen LogP contribution in [0.1, 0.15) is 11.1 Å². The summed E-state index contributed by atoms with van der Waals surface area (Å²) in [6.45, 7) is 0. The van der Waals surface area contributed by atoms with Crippen LogP contribution in [0.2, 0.25) is 0 Å². The van der Waals surface area contributed by atoms with Crippen LogP contribution in [0.25, 0.3) is 16.8 Å². The van der Waals surface area contributed by atoms with Crippen molar-refractivity contribution in [2.75, 3.05) is 0 Å². The predicted molar refractivity (Wildman–Crippen MR) is 105 cm³/mol. The molecular formula is C21H15N5S. The number of rotatable bonds is 5. The molecule has 6 heteroatoms. The second-order valence-corrected chi connectivity index (χ2v) is 6.79. The van der Waals surface area contributed by atoms with Gasteiger partial charge in [0.05, 0.1) is 17.3 Å². The molecule has 3 aromatic carbocycles. The van der Waals surface area contributed by atoms with Gasteiger partial charge in [-0.05, 0) is 45.3 Å². The topological polar surface area (TPSA) is 67.4 Å². The summed E-state index contributed by atoms with van der Waals surface area (Å²) in [5.74, 6) is 0.757. The summed E-state index contributed by atoms with van der Waals surface area (Å²) in [7, 11) is 0. The number of benzene rings is 3. The minimum atomic E-state index is 0.682. The van der Waals surface area contributed by atoms with Crippen LogP contribution in [-0.2, 0) is 5.75 Å². The van der Waals surface area contributed by atoms with E-state index >= 15 is 0 Å². The summed E-state index contributed by atoms with van der Waals surface area (Å²) in [6.07, 6.45) is 0. The molecular weight excluding hydrogens is 354 g/mol. The number of nitrogens with zero attached hydrogens (tertiary/aromatic N) is 5. The Bertz CT molecular complexity index is 1080. The zero-order valence-corrected chi connectivity index (χ0v) is 15.2. The number of para-hydroxylation sites is 1. The number of thioether (sulfide) groups is 1. The molecule has 0 saturated heterocycles. The fraction of sp³-hybridized carbons (Fsp3) is 0.0476. The minimum absolute atomic E-state index is 0.682. The van der Waals surface area contributed by atoms with E-state index in [1.807, 2.05) is 66.7 Å². The van der Waals surface area contributed by atoms with Gasteiger partial charge in [0.1, 0.15) is 0 Å². The first kappa shape index (κ1) is 17.0. The summed E-state index contributed by atoms with van der Waals surface area (Å²) < 4.78 is 1.74. The van der Waals surface area contributed by atoms with E-state index in [0.717, 1.165) is 27.7 Å². The fourth-order valence-electron chi connectivity index (χ4n) is 2.76. The number of hydrogen-bond donors (Lipinski definition) is 0. The highest BCUT2D eigenvalue weighted by Crippen LogP contribution is 2.26. The Balaban J connectivity index is 1.49. The van der Waals surface area contributed by atoms with E-state index in [9.17, 15) is 5.26 Å². The monoisotopic (exact) mass is 369 g/mol. The Morgan fingerprint density at radius 3 is 2.41 bits per heavy atom. The van der Waals surface area contributed by atoms with Gasteiger partial charge >= 0.3 is 0 Å². The van der Waals surface area contributed by atoms with Crippen LogP contribution in [0, 0.1) is 11.3 Å². The third kappa shape index (κ3) is 3.73. The Kier molecular flexibility index (Phi) is 4.95. The third-order valence-electron chi connectivity index (χ3n) is 4.12. The molecule has 27 heavy (non-hydrogen) atoms. The van der Waals surface area contributed by atoms with Crippen LogP contribution in [0.15, 0.2) is 84.0 Å². The quantitative estimate of drug-likeness (QED) is 0.485. The maximum Gasteiger partial charge on any atom is 0.214 e. The maximum absolute atomic E-state index is 9.27. The zero-order chi connectivity index (χ0) is 18.5. The van der Waals surface area contributed by atoms with Gasteiger partial charge in [-0.2, -0.15) is 9.94 Å². The van der Waals surface area contributed by atoms with E-state index < -0.39 is 0 Å². The van der Waals surface area contributed by atoms with E-state index in [2.05, 4.69) is 33.7 Å². The lowest BCUT2D eigenvalue weighted by atomic mass is 10.00. The van der Waals surface area contributed by atoms with Gasteiger partial charge in [0.15, 0.2) is 0 Å². The summed E-state index contributed by atoms with van der Waals surface area (Å²) in [4.78, 5) is 0. The van der Waals surface area contributed by atoms with E-state index in [-0.39, 0.29) is 0 Å². The summed E-state index contributed by atoms with van der Waals surface area (Å²) >= 11 is 1.59. The second kappa shape index (κ2) is 7.85. The van der Waals surface area contributed by atoms with E-state index in [0.29, 0.717) is 5.56 Å². The van der Waals surface area contributed by atoms with Crippen molar-refractivity contribution >= 4 is 11.8 Å². The lowest BCUT2D eigenvalue weighted by Crippen LogP contribution is -1.98. The van der Waals surface area contributed by atoms with Crippen molar-refractivity contribution in [1.82, 2.24) is 20.2 Å². The van der Waals surface area contributed by atoms with Crippen LogP contribution in [0.5, 0.6) is 0 Å². The molecule has 0 amide bonds. The molecule has 0 aliphatic heterocycles. The molecule has 0 radical (unpaired) electrons. The van der Waals surface area contributed by atoms with Crippen molar-refractivity contribution in [3.63, 3.8) is 0 Å². The third-order valence-corrected chi connectivity index (χ3v) is 5.11. The zero-order valence-electron chi connectivity index (χ0n) is 14.4. The minimum Gasteiger partial charge on any atom is -0.192 e. The summed E-state index contributed by atoms with van der Waals surface area (Å²) in [5, 5.41) is 22.0. The van der Waals surface area contributed by atoms with Gasteiger partial charge in [0.25, 0.3) is 0 Å². The number of nitriles is 1. The van der Waals surface area contributed by atoms with Crippen LogP contribution in [-0.4, -0.2) is 20.2 Å². The smallest absolute Gasteiger partial charge is 0.192 e. The molecule has 1 heterocycles. The lowest BCUT2D eigenvalue weighted by Gasteiger charge is -2.06. The van der Waals surface area contributed by atoms with Gasteiger partial charge in [-0.25, -0.2) is 0 Å². The molecule has 0 fully saturated rings. The number of tetrazole rings is 1. The average Bonchev–Trinajstić information content (AvgIpc) is 3.22. The van der Waals surface area contributed by atoms with E-state index in [1.54, 1.807) is 16.4 Å². The Hall–Kier alpha value is -3.43. The van der Waals surface area contributed by atoms with E-state index in [4.69, 9.17) is 0 Å². The van der Waals surface area contributed by atoms with Gasteiger partial charge in [0.2, 0.25) is 5.16 Å². The number of aromatic nitrogens is 4. The second-order valence-electron chi connectivity index (χ2n) is 5.85. The van der Waals surface area contributed by atoms with Gasteiger partial charge in [-0.1, -0.05) is 72.4 Å². The SMILES string of the molecule is N#Cc1ccccc1-c1ccc(CSc2nnnn2-c2ccccc2)cc1. The van der Waals surface area contributed by atoms with Gasteiger partial charge in [0, 0.05) is 5.75 Å². The van der Waals surface area contributed by atoms with Crippen molar-refractivity contribution in [3.8, 4) is 22.9 Å². The first-order chi connectivity index (χ1) is 13.3. The molecule has 4 aromatic rings. The average molecular weight is 369 g/mol. The molecule has 0 bridgehead atoms. The molecule has 0 spiro atoms. The number of hydrogen-bond acceptors (Lipinski definition) is 5. The lowest BCUT2D eigenvalue weighted by molar-refractivity contribution is 0.756. The van der Waals surface area contributed by atoms with E-state index in [1.165, 1.54) is 5.56 Å².